The van der Waals surface area contributed by atoms with E-state index in [9.17, 15) is 9.59 Å². The summed E-state index contributed by atoms with van der Waals surface area (Å²) in [5.74, 6) is 4.45. The van der Waals surface area contributed by atoms with Crippen LogP contribution in [0.4, 0.5) is 0 Å². The van der Waals surface area contributed by atoms with E-state index in [1.165, 1.54) is 6.42 Å². The van der Waals surface area contributed by atoms with Gasteiger partial charge in [0.25, 0.3) is 0 Å². The lowest BCUT2D eigenvalue weighted by Gasteiger charge is -2.09. The monoisotopic (exact) mass is 680 g/mol. The Balaban J connectivity index is -0.0000000853. The molecule has 47 heavy (non-hydrogen) atoms. The van der Waals surface area contributed by atoms with Gasteiger partial charge in [-0.25, -0.2) is 0 Å². The van der Waals surface area contributed by atoms with Crippen LogP contribution in [0.1, 0.15) is 160 Å². The van der Waals surface area contributed by atoms with Crippen molar-refractivity contribution >= 4 is 11.8 Å². The van der Waals surface area contributed by atoms with Gasteiger partial charge >= 0.3 is 0 Å². The molecule has 0 spiro atoms. The minimum atomic E-state index is -0.0302. The number of rotatable bonds is 16. The van der Waals surface area contributed by atoms with Crippen LogP contribution in [0.25, 0.3) is 0 Å². The molecule has 0 heterocycles. The molecule has 0 saturated carbocycles. The largest absolute Gasteiger partial charge is 0.379 e. The number of hydrogen-bond acceptors (Lipinski definition) is 5. The molecule has 0 bridgehead atoms. The normalized spacial score (nSPS) is 10.5. The molecule has 0 radical (unpaired) electrons. The number of carbonyl (C=O) groups is 2. The average molecular weight is 680 g/mol. The quantitative estimate of drug-likeness (QED) is 0.151. The van der Waals surface area contributed by atoms with Gasteiger partial charge in [0.2, 0.25) is 11.8 Å². The number of carbonyl (C=O) groups excluding carboxylic acids is 2. The van der Waals surface area contributed by atoms with Crippen LogP contribution in [0.2, 0.25) is 0 Å². The van der Waals surface area contributed by atoms with Crippen LogP contribution in [-0.4, -0.2) is 62.9 Å². The van der Waals surface area contributed by atoms with Crippen molar-refractivity contribution in [1.82, 2.24) is 16.0 Å². The summed E-state index contributed by atoms with van der Waals surface area (Å²) in [6.45, 7) is 45.9. The summed E-state index contributed by atoms with van der Waals surface area (Å²) in [6, 6.07) is 0.636. The molecule has 0 rings (SSSR count). The highest BCUT2D eigenvalue weighted by Gasteiger charge is 2.05. The molecule has 292 valence electrons. The fraction of sp³-hybridized carbons (Fsp3) is 0.950. The zero-order valence-corrected chi connectivity index (χ0v) is 34.1. The van der Waals surface area contributed by atoms with Crippen LogP contribution < -0.4 is 16.0 Å². The van der Waals surface area contributed by atoms with Gasteiger partial charge in [-0.1, -0.05) is 126 Å². The SMILES string of the molecule is C.C.CC(C)CC(C)C.CC(C)CNC(=O)C(C)C.CC(C)CNC(=O)COC(C)C.CC(C)CNC(C)C.CC(C)COC(C)C. The van der Waals surface area contributed by atoms with Crippen molar-refractivity contribution in [2.45, 2.75) is 178 Å². The Kier molecular flexibility index (Phi) is 53.3. The third-order valence-corrected chi connectivity index (χ3v) is 5.10. The first kappa shape index (κ1) is 61.1. The van der Waals surface area contributed by atoms with Crippen molar-refractivity contribution in [3.63, 3.8) is 0 Å². The topological polar surface area (TPSA) is 88.7 Å². The van der Waals surface area contributed by atoms with E-state index in [-0.39, 0.29) is 45.3 Å². The number of amides is 2. The van der Waals surface area contributed by atoms with Crippen LogP contribution in [0.15, 0.2) is 0 Å². The summed E-state index contributed by atoms with van der Waals surface area (Å²) >= 11 is 0. The molecule has 3 N–H and O–H groups in total. The molecule has 7 nitrogen and oxygen atoms in total. The molecular formula is C40H93N3O4. The molecule has 2 amide bonds. The van der Waals surface area contributed by atoms with E-state index in [1.807, 2.05) is 27.7 Å². The Morgan fingerprint density at radius 3 is 1.09 bits per heavy atom. The molecule has 0 saturated heterocycles. The van der Waals surface area contributed by atoms with Crippen LogP contribution in [0, 0.1) is 41.4 Å². The maximum absolute atomic E-state index is 11.0. The zero-order valence-electron chi connectivity index (χ0n) is 34.1. The summed E-state index contributed by atoms with van der Waals surface area (Å²) in [7, 11) is 0. The van der Waals surface area contributed by atoms with Crippen LogP contribution >= 0.6 is 0 Å². The molecule has 0 aliphatic heterocycles. The lowest BCUT2D eigenvalue weighted by Crippen LogP contribution is -2.31. The van der Waals surface area contributed by atoms with Gasteiger partial charge in [0.05, 0.1) is 12.2 Å². The maximum atomic E-state index is 11.0. The summed E-state index contributed by atoms with van der Waals surface area (Å²) in [5.41, 5.74) is 0. The summed E-state index contributed by atoms with van der Waals surface area (Å²) in [4.78, 5) is 22.0. The molecule has 0 aliphatic rings. The van der Waals surface area contributed by atoms with Gasteiger partial charge in [0.15, 0.2) is 0 Å². The van der Waals surface area contributed by atoms with E-state index in [2.05, 4.69) is 127 Å². The number of ether oxygens (including phenoxy) is 2. The highest BCUT2D eigenvalue weighted by atomic mass is 16.5. The van der Waals surface area contributed by atoms with Crippen molar-refractivity contribution < 1.29 is 19.1 Å². The molecule has 0 atom stereocenters. The third kappa shape index (κ3) is 81.2. The standard InChI is InChI=1S/C9H19NO2.C8H17NO.C7H17N.C7H16O.C7H16.2CH4/c1-7(2)5-10-9(11)6-12-8(3)4;1-6(2)5-9-8(10)7(3)4;2*1-6(2)5-8-7(3)4;1-6(2)5-7(3)4;;/h7-8H,5-6H2,1-4H3,(H,10,11);6-7H,5H2,1-4H3,(H,9,10);6-8H,5H2,1-4H3;6-7H,5H2,1-4H3;6-7H,5H2,1-4H3;2*1H4. The Morgan fingerprint density at radius 1 is 0.489 bits per heavy atom. The second-order valence-electron chi connectivity index (χ2n) is 15.6. The maximum Gasteiger partial charge on any atom is 0.246 e. The van der Waals surface area contributed by atoms with Crippen LogP contribution in [-0.2, 0) is 19.1 Å². The van der Waals surface area contributed by atoms with Crippen LogP contribution in [0.5, 0.6) is 0 Å². The summed E-state index contributed by atoms with van der Waals surface area (Å²) < 4.78 is 10.4. The highest BCUT2D eigenvalue weighted by molar-refractivity contribution is 5.77. The minimum Gasteiger partial charge on any atom is -0.379 e. The van der Waals surface area contributed by atoms with E-state index in [0.29, 0.717) is 29.9 Å². The second-order valence-corrected chi connectivity index (χ2v) is 15.6. The van der Waals surface area contributed by atoms with Crippen molar-refractivity contribution in [3.05, 3.63) is 0 Å². The lowest BCUT2D eigenvalue weighted by atomic mass is 10.0. The first-order chi connectivity index (χ1) is 20.4. The van der Waals surface area contributed by atoms with Gasteiger partial charge in [0.1, 0.15) is 6.61 Å². The van der Waals surface area contributed by atoms with Gasteiger partial charge in [-0.2, -0.15) is 0 Å². The Labute approximate surface area is 298 Å². The molecule has 0 aromatic rings. The smallest absolute Gasteiger partial charge is 0.246 e. The fourth-order valence-electron chi connectivity index (χ4n) is 2.92. The van der Waals surface area contributed by atoms with E-state index < -0.39 is 0 Å². The van der Waals surface area contributed by atoms with Crippen LogP contribution in [0.3, 0.4) is 0 Å². The van der Waals surface area contributed by atoms with Gasteiger partial charge in [-0.3, -0.25) is 9.59 Å². The van der Waals surface area contributed by atoms with E-state index in [0.717, 1.165) is 44.0 Å². The molecule has 0 aromatic heterocycles. The molecule has 0 unspecified atom stereocenters. The molecule has 0 aromatic carbocycles. The Morgan fingerprint density at radius 2 is 0.872 bits per heavy atom. The van der Waals surface area contributed by atoms with E-state index in [1.54, 1.807) is 0 Å². The van der Waals surface area contributed by atoms with Crippen molar-refractivity contribution in [2.75, 3.05) is 32.8 Å². The summed E-state index contributed by atoms with van der Waals surface area (Å²) in [5, 5.41) is 8.96. The average Bonchev–Trinajstić information content (AvgIpc) is 2.87. The summed E-state index contributed by atoms with van der Waals surface area (Å²) in [6.07, 6.45) is 1.87. The van der Waals surface area contributed by atoms with Gasteiger partial charge in [0, 0.05) is 31.7 Å². The third-order valence-electron chi connectivity index (χ3n) is 5.10. The molecular weight excluding hydrogens is 586 g/mol. The van der Waals surface area contributed by atoms with E-state index >= 15 is 0 Å². The van der Waals surface area contributed by atoms with Crippen molar-refractivity contribution in [3.8, 4) is 0 Å². The van der Waals surface area contributed by atoms with Gasteiger partial charge in [-0.05, 0) is 76.2 Å². The molecule has 7 heteroatoms. The first-order valence-corrected chi connectivity index (χ1v) is 17.9. The predicted molar refractivity (Wildman–Crippen MR) is 213 cm³/mol. The fourth-order valence-corrected chi connectivity index (χ4v) is 2.92. The molecule has 0 aliphatic carbocycles. The van der Waals surface area contributed by atoms with Gasteiger partial charge < -0.3 is 25.4 Å². The number of nitrogens with one attached hydrogen (secondary N) is 3. The Hall–Kier alpha value is -1.18. The zero-order chi connectivity index (χ0) is 36.7. The second kappa shape index (κ2) is 41.0. The molecule has 0 fully saturated rings. The van der Waals surface area contributed by atoms with E-state index in [4.69, 9.17) is 9.47 Å². The lowest BCUT2D eigenvalue weighted by molar-refractivity contribution is -0.127. The minimum absolute atomic E-state index is 0. The number of hydrogen-bond donors (Lipinski definition) is 3. The van der Waals surface area contributed by atoms with Crippen molar-refractivity contribution in [1.29, 1.82) is 0 Å². The Bertz CT molecular complexity index is 563. The predicted octanol–water partition coefficient (Wildman–Crippen LogP) is 10.3. The van der Waals surface area contributed by atoms with Crippen molar-refractivity contribution in [2.24, 2.45) is 41.4 Å². The first-order valence-electron chi connectivity index (χ1n) is 17.9. The highest BCUT2D eigenvalue weighted by Crippen LogP contribution is 2.08. The van der Waals surface area contributed by atoms with Gasteiger partial charge in [-0.15, -0.1) is 0 Å².